The molecule has 1 aromatic carbocycles. The van der Waals surface area contributed by atoms with Gasteiger partial charge >= 0.3 is 0 Å². The van der Waals surface area contributed by atoms with Gasteiger partial charge in [-0.3, -0.25) is 4.98 Å². The minimum absolute atomic E-state index is 0.159. The Hall–Kier alpha value is -0.910. The van der Waals surface area contributed by atoms with Gasteiger partial charge < -0.3 is 10.5 Å². The summed E-state index contributed by atoms with van der Waals surface area (Å²) >= 11 is 7.06. The van der Waals surface area contributed by atoms with Crippen molar-refractivity contribution < 1.29 is 4.74 Å². The van der Waals surface area contributed by atoms with Crippen LogP contribution in [-0.2, 0) is 12.8 Å². The lowest BCUT2D eigenvalue weighted by Gasteiger charge is -2.15. The molecule has 1 unspecified atom stereocenters. The van der Waals surface area contributed by atoms with Crippen molar-refractivity contribution in [3.8, 4) is 5.75 Å². The van der Waals surface area contributed by atoms with Crippen LogP contribution in [0.3, 0.4) is 0 Å². The average Bonchev–Trinajstić information content (AvgIpc) is 2.87. The fourth-order valence-corrected chi connectivity index (χ4v) is 3.60. The van der Waals surface area contributed by atoms with Gasteiger partial charge in [-0.05, 0) is 57.7 Å². The molecule has 104 valence electrons. The van der Waals surface area contributed by atoms with Crippen molar-refractivity contribution in [1.29, 1.82) is 0 Å². The van der Waals surface area contributed by atoms with Crippen LogP contribution in [0.4, 0.5) is 0 Å². The number of nitrogens with two attached hydrogens (primary N) is 1. The number of hydrogen-bond acceptors (Lipinski definition) is 3. The monoisotopic (exact) mass is 396 g/mol. The van der Waals surface area contributed by atoms with Crippen LogP contribution in [0.25, 0.3) is 0 Å². The highest BCUT2D eigenvalue weighted by Gasteiger charge is 2.20. The minimum Gasteiger partial charge on any atom is -0.493 e. The molecule has 0 bridgehead atoms. The highest BCUT2D eigenvalue weighted by atomic mass is 79.9. The number of hydrogen-bond donors (Lipinski definition) is 1. The van der Waals surface area contributed by atoms with E-state index in [9.17, 15) is 0 Å². The Balaban J connectivity index is 1.90. The number of aromatic nitrogens is 1. The number of fused-ring (bicyclic) bond motifs is 1. The van der Waals surface area contributed by atoms with Gasteiger partial charge in [0.1, 0.15) is 5.75 Å². The molecule has 0 aliphatic carbocycles. The average molecular weight is 398 g/mol. The van der Waals surface area contributed by atoms with Crippen molar-refractivity contribution in [3.05, 3.63) is 56.2 Å². The topological polar surface area (TPSA) is 48.1 Å². The Morgan fingerprint density at radius 1 is 1.35 bits per heavy atom. The van der Waals surface area contributed by atoms with Crippen molar-refractivity contribution in [2.75, 3.05) is 6.61 Å². The first-order valence-electron chi connectivity index (χ1n) is 6.45. The summed E-state index contributed by atoms with van der Waals surface area (Å²) in [6.07, 6.45) is 3.43. The van der Waals surface area contributed by atoms with Crippen molar-refractivity contribution in [3.63, 3.8) is 0 Å². The molecule has 5 heteroatoms. The van der Waals surface area contributed by atoms with E-state index in [1.54, 1.807) is 6.20 Å². The lowest BCUT2D eigenvalue weighted by atomic mass is 10.00. The first-order valence-corrected chi connectivity index (χ1v) is 8.04. The van der Waals surface area contributed by atoms with Crippen LogP contribution < -0.4 is 10.5 Å². The molecule has 3 nitrogen and oxygen atoms in total. The van der Waals surface area contributed by atoms with Crippen LogP contribution in [-0.4, -0.2) is 11.6 Å². The van der Waals surface area contributed by atoms with Gasteiger partial charge in [0.15, 0.2) is 0 Å². The van der Waals surface area contributed by atoms with Crippen LogP contribution in [0.15, 0.2) is 39.4 Å². The standard InChI is InChI=1S/C15H14Br2N2O/c16-11-6-9-3-5-20-15(9)10(7-11)8-13(18)14-12(17)2-1-4-19-14/h1-2,4,6-7,13H,3,5,8,18H2. The summed E-state index contributed by atoms with van der Waals surface area (Å²) in [4.78, 5) is 4.37. The van der Waals surface area contributed by atoms with E-state index < -0.39 is 0 Å². The smallest absolute Gasteiger partial charge is 0.125 e. The second-order valence-corrected chi connectivity index (χ2v) is 6.60. The molecule has 20 heavy (non-hydrogen) atoms. The Kier molecular flexibility index (Phi) is 4.10. The summed E-state index contributed by atoms with van der Waals surface area (Å²) in [7, 11) is 0. The molecule has 3 rings (SSSR count). The molecule has 0 spiro atoms. The van der Waals surface area contributed by atoms with Gasteiger partial charge in [-0.2, -0.15) is 0 Å². The molecule has 1 aromatic heterocycles. The third-order valence-electron chi connectivity index (χ3n) is 3.40. The van der Waals surface area contributed by atoms with Crippen molar-refractivity contribution >= 4 is 31.9 Å². The quantitative estimate of drug-likeness (QED) is 0.857. The lowest BCUT2D eigenvalue weighted by Crippen LogP contribution is -2.16. The van der Waals surface area contributed by atoms with Gasteiger partial charge in [-0.15, -0.1) is 0 Å². The first kappa shape index (κ1) is 14.0. The Morgan fingerprint density at radius 2 is 2.20 bits per heavy atom. The third-order valence-corrected chi connectivity index (χ3v) is 4.53. The van der Waals surface area contributed by atoms with Gasteiger partial charge in [0.2, 0.25) is 0 Å². The Morgan fingerprint density at radius 3 is 3.00 bits per heavy atom. The molecule has 0 saturated carbocycles. The number of pyridine rings is 1. The summed E-state index contributed by atoms with van der Waals surface area (Å²) in [6, 6.07) is 7.90. The van der Waals surface area contributed by atoms with Crippen LogP contribution in [0.1, 0.15) is 22.9 Å². The Bertz CT molecular complexity index is 646. The molecule has 2 N–H and O–H groups in total. The molecule has 0 amide bonds. The van der Waals surface area contributed by atoms with Gasteiger partial charge in [0.25, 0.3) is 0 Å². The normalized spacial score (nSPS) is 14.8. The maximum Gasteiger partial charge on any atom is 0.125 e. The summed E-state index contributed by atoms with van der Waals surface area (Å²) in [5, 5.41) is 0. The van der Waals surface area contributed by atoms with E-state index in [0.717, 1.165) is 39.0 Å². The summed E-state index contributed by atoms with van der Waals surface area (Å²) in [6.45, 7) is 0.751. The maximum atomic E-state index is 6.31. The fraction of sp³-hybridized carbons (Fsp3) is 0.267. The largest absolute Gasteiger partial charge is 0.493 e. The fourth-order valence-electron chi connectivity index (χ4n) is 2.50. The number of benzene rings is 1. The SMILES string of the molecule is NC(Cc1cc(Br)cc2c1OCC2)c1ncccc1Br. The highest BCUT2D eigenvalue weighted by Crippen LogP contribution is 2.35. The van der Waals surface area contributed by atoms with Crippen molar-refractivity contribution in [1.82, 2.24) is 4.98 Å². The van der Waals surface area contributed by atoms with E-state index in [-0.39, 0.29) is 6.04 Å². The van der Waals surface area contributed by atoms with E-state index in [0.29, 0.717) is 6.42 Å². The zero-order chi connectivity index (χ0) is 14.1. The van der Waals surface area contributed by atoms with Gasteiger partial charge in [0.05, 0.1) is 18.3 Å². The molecule has 0 saturated heterocycles. The lowest BCUT2D eigenvalue weighted by molar-refractivity contribution is 0.352. The van der Waals surface area contributed by atoms with E-state index >= 15 is 0 Å². The van der Waals surface area contributed by atoms with Crippen LogP contribution in [0, 0.1) is 0 Å². The third kappa shape index (κ3) is 2.75. The molecule has 0 fully saturated rings. The first-order chi connectivity index (χ1) is 9.65. The molecule has 1 aliphatic rings. The summed E-state index contributed by atoms with van der Waals surface area (Å²) in [5.41, 5.74) is 9.57. The zero-order valence-electron chi connectivity index (χ0n) is 10.8. The molecule has 2 aromatic rings. The van der Waals surface area contributed by atoms with Crippen LogP contribution in [0.5, 0.6) is 5.75 Å². The Labute approximate surface area is 134 Å². The maximum absolute atomic E-state index is 6.31. The molecular weight excluding hydrogens is 384 g/mol. The highest BCUT2D eigenvalue weighted by molar-refractivity contribution is 9.10. The number of rotatable bonds is 3. The number of nitrogens with zero attached hydrogens (tertiary/aromatic N) is 1. The minimum atomic E-state index is -0.159. The second-order valence-electron chi connectivity index (χ2n) is 4.83. The number of halogens is 2. The number of ether oxygens (including phenoxy) is 1. The second kappa shape index (κ2) is 5.84. The van der Waals surface area contributed by atoms with Gasteiger partial charge in [-0.25, -0.2) is 0 Å². The van der Waals surface area contributed by atoms with Crippen LogP contribution >= 0.6 is 31.9 Å². The van der Waals surface area contributed by atoms with E-state index in [2.05, 4.69) is 49.0 Å². The van der Waals surface area contributed by atoms with E-state index in [1.807, 2.05) is 12.1 Å². The van der Waals surface area contributed by atoms with Crippen molar-refractivity contribution in [2.24, 2.45) is 5.73 Å². The van der Waals surface area contributed by atoms with E-state index in [4.69, 9.17) is 10.5 Å². The zero-order valence-corrected chi connectivity index (χ0v) is 13.9. The van der Waals surface area contributed by atoms with Gasteiger partial charge in [0, 0.05) is 21.6 Å². The van der Waals surface area contributed by atoms with Crippen molar-refractivity contribution in [2.45, 2.75) is 18.9 Å². The van der Waals surface area contributed by atoms with Gasteiger partial charge in [-0.1, -0.05) is 15.9 Å². The van der Waals surface area contributed by atoms with Crippen LogP contribution in [0.2, 0.25) is 0 Å². The predicted octanol–water partition coefficient (Wildman–Crippen LogP) is 3.78. The summed E-state index contributed by atoms with van der Waals surface area (Å²) in [5.74, 6) is 0.996. The molecule has 2 heterocycles. The molecule has 0 radical (unpaired) electrons. The molecule has 1 atom stereocenters. The predicted molar refractivity (Wildman–Crippen MR) is 85.9 cm³/mol. The molecule has 1 aliphatic heterocycles. The summed E-state index contributed by atoms with van der Waals surface area (Å²) < 4.78 is 7.76. The van der Waals surface area contributed by atoms with E-state index in [1.165, 1.54) is 5.56 Å². The molecular formula is C15H14Br2N2O.